The van der Waals surface area contributed by atoms with Gasteiger partial charge in [-0.25, -0.2) is 28.1 Å². The second kappa shape index (κ2) is 8.30. The standard InChI is InChI=1S/C21H24N4O4/c1-4-12-22-19(27)23(13-5-2)21(29)24(20(22)28)14-18(26)25-15(3)10-11-16-8-6-7-9-17(16)25/h4-9,15H,1-2,10-14H2,3H3. The van der Waals surface area contributed by atoms with Crippen LogP contribution in [0.5, 0.6) is 0 Å². The van der Waals surface area contributed by atoms with E-state index >= 15 is 0 Å². The quantitative estimate of drug-likeness (QED) is 0.680. The molecule has 0 radical (unpaired) electrons. The van der Waals surface area contributed by atoms with Gasteiger partial charge in [-0.05, 0) is 31.4 Å². The van der Waals surface area contributed by atoms with Crippen LogP contribution >= 0.6 is 0 Å². The van der Waals surface area contributed by atoms with Crippen molar-refractivity contribution in [2.24, 2.45) is 0 Å². The van der Waals surface area contributed by atoms with Crippen LogP contribution in [0.3, 0.4) is 0 Å². The van der Waals surface area contributed by atoms with Crippen LogP contribution < -0.4 is 22.0 Å². The number of amides is 1. The van der Waals surface area contributed by atoms with Gasteiger partial charge in [-0.3, -0.25) is 4.79 Å². The smallest absolute Gasteiger partial charge is 0.308 e. The molecule has 0 saturated heterocycles. The van der Waals surface area contributed by atoms with Gasteiger partial charge in [-0.1, -0.05) is 30.4 Å². The summed E-state index contributed by atoms with van der Waals surface area (Å²) in [5.74, 6) is -0.377. The van der Waals surface area contributed by atoms with Crippen molar-refractivity contribution in [3.8, 4) is 0 Å². The minimum atomic E-state index is -0.827. The van der Waals surface area contributed by atoms with Gasteiger partial charge in [0.1, 0.15) is 6.54 Å². The normalized spacial score (nSPS) is 15.6. The van der Waals surface area contributed by atoms with E-state index in [2.05, 4.69) is 13.2 Å². The molecule has 0 fully saturated rings. The molecule has 0 bridgehead atoms. The molecule has 1 atom stereocenters. The fourth-order valence-corrected chi connectivity index (χ4v) is 3.67. The van der Waals surface area contributed by atoms with Gasteiger partial charge < -0.3 is 4.90 Å². The number of benzene rings is 1. The van der Waals surface area contributed by atoms with Crippen molar-refractivity contribution in [2.75, 3.05) is 4.90 Å². The number of aromatic nitrogens is 3. The number of carbonyl (C=O) groups is 1. The Morgan fingerprint density at radius 2 is 1.55 bits per heavy atom. The van der Waals surface area contributed by atoms with Crippen molar-refractivity contribution in [2.45, 2.75) is 45.4 Å². The van der Waals surface area contributed by atoms with Crippen molar-refractivity contribution in [1.82, 2.24) is 13.7 Å². The van der Waals surface area contributed by atoms with Crippen LogP contribution in [-0.4, -0.2) is 25.7 Å². The van der Waals surface area contributed by atoms with E-state index in [-0.39, 0.29) is 25.0 Å². The van der Waals surface area contributed by atoms with Crippen LogP contribution in [0.25, 0.3) is 0 Å². The SMILES string of the molecule is C=CCn1c(=O)n(CC=C)c(=O)n(CC(=O)N2c3ccccc3CCC2C)c1=O. The number of fused-ring (bicyclic) bond motifs is 1. The molecule has 1 aromatic heterocycles. The molecule has 0 spiro atoms. The Morgan fingerprint density at radius 1 is 1.00 bits per heavy atom. The first-order chi connectivity index (χ1) is 13.9. The lowest BCUT2D eigenvalue weighted by molar-refractivity contribution is -0.119. The van der Waals surface area contributed by atoms with Crippen molar-refractivity contribution in [3.05, 3.63) is 86.6 Å². The monoisotopic (exact) mass is 396 g/mol. The molecule has 0 saturated carbocycles. The lowest BCUT2D eigenvalue weighted by Gasteiger charge is -2.35. The van der Waals surface area contributed by atoms with E-state index in [1.807, 2.05) is 31.2 Å². The molecule has 29 heavy (non-hydrogen) atoms. The number of hydrogen-bond donors (Lipinski definition) is 0. The molecule has 1 unspecified atom stereocenters. The zero-order chi connectivity index (χ0) is 21.1. The van der Waals surface area contributed by atoms with Crippen LogP contribution in [-0.2, 0) is 30.8 Å². The highest BCUT2D eigenvalue weighted by Crippen LogP contribution is 2.30. The highest BCUT2D eigenvalue weighted by Gasteiger charge is 2.29. The van der Waals surface area contributed by atoms with E-state index in [1.165, 1.54) is 12.2 Å². The summed E-state index contributed by atoms with van der Waals surface area (Å²) in [4.78, 5) is 52.8. The largest absolute Gasteiger partial charge is 0.337 e. The maximum Gasteiger partial charge on any atom is 0.337 e. The van der Waals surface area contributed by atoms with Crippen molar-refractivity contribution >= 4 is 11.6 Å². The Kier molecular flexibility index (Phi) is 5.81. The van der Waals surface area contributed by atoms with Crippen LogP contribution in [0.1, 0.15) is 18.9 Å². The maximum absolute atomic E-state index is 13.2. The average molecular weight is 396 g/mol. The van der Waals surface area contributed by atoms with Gasteiger partial charge in [0, 0.05) is 11.7 Å². The van der Waals surface area contributed by atoms with E-state index in [0.717, 1.165) is 37.8 Å². The van der Waals surface area contributed by atoms with Gasteiger partial charge in [-0.15, -0.1) is 13.2 Å². The summed E-state index contributed by atoms with van der Waals surface area (Å²) in [5.41, 5.74) is -0.569. The molecular formula is C21H24N4O4. The Bertz CT molecular complexity index is 1090. The number of aryl methyl sites for hydroxylation is 1. The van der Waals surface area contributed by atoms with Gasteiger partial charge in [0.15, 0.2) is 0 Å². The molecule has 2 aromatic rings. The van der Waals surface area contributed by atoms with Gasteiger partial charge in [-0.2, -0.15) is 0 Å². The predicted octanol–water partition coefficient (Wildman–Crippen LogP) is 0.912. The number of nitrogens with zero attached hydrogens (tertiary/aromatic N) is 4. The Hall–Kier alpha value is -3.42. The molecule has 3 rings (SSSR count). The van der Waals surface area contributed by atoms with Gasteiger partial charge in [0.25, 0.3) is 0 Å². The zero-order valence-corrected chi connectivity index (χ0v) is 16.4. The minimum Gasteiger partial charge on any atom is -0.308 e. The van der Waals surface area contributed by atoms with Gasteiger partial charge >= 0.3 is 17.1 Å². The molecule has 0 aliphatic carbocycles. The van der Waals surface area contributed by atoms with E-state index < -0.39 is 23.6 Å². The minimum absolute atomic E-state index is 0.0633. The fourth-order valence-electron chi connectivity index (χ4n) is 3.67. The average Bonchev–Trinajstić information content (AvgIpc) is 2.71. The Labute approximate surface area is 167 Å². The topological polar surface area (TPSA) is 86.3 Å². The van der Waals surface area contributed by atoms with Gasteiger partial charge in [0.2, 0.25) is 5.91 Å². The summed E-state index contributed by atoms with van der Waals surface area (Å²) in [5, 5.41) is 0. The highest BCUT2D eigenvalue weighted by molar-refractivity contribution is 5.95. The predicted molar refractivity (Wildman–Crippen MR) is 111 cm³/mol. The second-order valence-electron chi connectivity index (χ2n) is 7.01. The number of anilines is 1. The van der Waals surface area contributed by atoms with E-state index in [1.54, 1.807) is 4.90 Å². The first kappa shape index (κ1) is 20.3. The molecule has 0 N–H and O–H groups in total. The number of para-hydroxylation sites is 1. The molecule has 1 aliphatic heterocycles. The molecule has 152 valence electrons. The van der Waals surface area contributed by atoms with E-state index in [4.69, 9.17) is 0 Å². The maximum atomic E-state index is 13.2. The van der Waals surface area contributed by atoms with Gasteiger partial charge in [0.05, 0.1) is 13.1 Å². The van der Waals surface area contributed by atoms with Crippen LogP contribution in [0.4, 0.5) is 5.69 Å². The third-order valence-electron chi connectivity index (χ3n) is 5.09. The number of carbonyl (C=O) groups excluding carboxylic acids is 1. The molecule has 8 heteroatoms. The molecular weight excluding hydrogens is 372 g/mol. The van der Waals surface area contributed by atoms with E-state index in [0.29, 0.717) is 0 Å². The number of allylic oxidation sites excluding steroid dienone is 2. The third-order valence-corrected chi connectivity index (χ3v) is 5.09. The summed E-state index contributed by atoms with van der Waals surface area (Å²) in [7, 11) is 0. The summed E-state index contributed by atoms with van der Waals surface area (Å²) < 4.78 is 2.58. The molecule has 2 heterocycles. The lowest BCUT2D eigenvalue weighted by atomic mass is 9.96. The summed E-state index contributed by atoms with van der Waals surface area (Å²) in [6.45, 7) is 8.45. The molecule has 8 nitrogen and oxygen atoms in total. The number of rotatable bonds is 6. The lowest BCUT2D eigenvalue weighted by Crippen LogP contribution is -2.56. The third kappa shape index (κ3) is 3.65. The first-order valence-electron chi connectivity index (χ1n) is 9.47. The Morgan fingerprint density at radius 3 is 2.14 bits per heavy atom. The fraction of sp³-hybridized carbons (Fsp3) is 0.333. The van der Waals surface area contributed by atoms with E-state index in [9.17, 15) is 19.2 Å². The van der Waals surface area contributed by atoms with Crippen molar-refractivity contribution < 1.29 is 4.79 Å². The van der Waals surface area contributed by atoms with Crippen LogP contribution in [0.15, 0.2) is 64.0 Å². The summed E-state index contributed by atoms with van der Waals surface area (Å²) in [6, 6.07) is 7.53. The summed E-state index contributed by atoms with van der Waals surface area (Å²) in [6.07, 6.45) is 4.42. The van der Waals surface area contributed by atoms with Crippen LogP contribution in [0, 0.1) is 0 Å². The molecule has 1 aromatic carbocycles. The first-order valence-corrected chi connectivity index (χ1v) is 9.47. The zero-order valence-electron chi connectivity index (χ0n) is 16.4. The molecule has 1 aliphatic rings. The van der Waals surface area contributed by atoms with Crippen molar-refractivity contribution in [3.63, 3.8) is 0 Å². The summed E-state index contributed by atoms with van der Waals surface area (Å²) >= 11 is 0. The van der Waals surface area contributed by atoms with Crippen LogP contribution in [0.2, 0.25) is 0 Å². The molecule has 1 amide bonds. The van der Waals surface area contributed by atoms with Crippen molar-refractivity contribution in [1.29, 1.82) is 0 Å². The number of hydrogen-bond acceptors (Lipinski definition) is 4. The second-order valence-corrected chi connectivity index (χ2v) is 7.01. The highest BCUT2D eigenvalue weighted by atomic mass is 16.2. The Balaban J connectivity index is 2.08.